The highest BCUT2D eigenvalue weighted by molar-refractivity contribution is 5.78. The van der Waals surface area contributed by atoms with Gasteiger partial charge in [-0.3, -0.25) is 9.98 Å². The zero-order valence-corrected chi connectivity index (χ0v) is 7.59. The number of nitrogens with zero attached hydrogens (tertiary/aromatic N) is 2. The van der Waals surface area contributed by atoms with Crippen molar-refractivity contribution in [1.82, 2.24) is 0 Å². The smallest absolute Gasteiger partial charge is 0.0409 e. The highest BCUT2D eigenvalue weighted by atomic mass is 14.7. The maximum absolute atomic E-state index is 3.83. The summed E-state index contributed by atoms with van der Waals surface area (Å²) in [6.45, 7) is 13.3. The second kappa shape index (κ2) is 8.82. The van der Waals surface area contributed by atoms with Gasteiger partial charge in [0.25, 0.3) is 0 Å². The van der Waals surface area contributed by atoms with Gasteiger partial charge in [-0.2, -0.15) is 0 Å². The van der Waals surface area contributed by atoms with Crippen LogP contribution in [0.2, 0.25) is 0 Å². The van der Waals surface area contributed by atoms with Crippen molar-refractivity contribution in [2.75, 3.05) is 7.05 Å². The van der Waals surface area contributed by atoms with Gasteiger partial charge >= 0.3 is 0 Å². The van der Waals surface area contributed by atoms with Gasteiger partial charge in [0.1, 0.15) is 0 Å². The van der Waals surface area contributed by atoms with E-state index in [-0.39, 0.29) is 0 Å². The van der Waals surface area contributed by atoms with Gasteiger partial charge in [0.15, 0.2) is 0 Å². The zero-order chi connectivity index (χ0) is 9.28. The van der Waals surface area contributed by atoms with Crippen molar-refractivity contribution < 1.29 is 0 Å². The summed E-state index contributed by atoms with van der Waals surface area (Å²) in [5.41, 5.74) is 1.99. The number of hydrogen-bond acceptors (Lipinski definition) is 2. The minimum absolute atomic E-state index is 0.931. The molecule has 0 fully saturated rings. The molecule has 2 nitrogen and oxygen atoms in total. The predicted molar refractivity (Wildman–Crippen MR) is 53.6 cm³/mol. The van der Waals surface area contributed by atoms with Crippen LogP contribution >= 0.6 is 0 Å². The van der Waals surface area contributed by atoms with E-state index >= 15 is 0 Å². The van der Waals surface area contributed by atoms with Crippen LogP contribution in [0.5, 0.6) is 0 Å². The summed E-state index contributed by atoms with van der Waals surface area (Å²) < 4.78 is 0. The Morgan fingerprint density at radius 3 is 2.00 bits per heavy atom. The van der Waals surface area contributed by atoms with Gasteiger partial charge < -0.3 is 0 Å². The number of hydrogen-bond donors (Lipinski definition) is 0. The van der Waals surface area contributed by atoms with Gasteiger partial charge in [0.2, 0.25) is 0 Å². The van der Waals surface area contributed by atoms with E-state index in [0.29, 0.717) is 0 Å². The van der Waals surface area contributed by atoms with Crippen molar-refractivity contribution in [2.24, 2.45) is 9.98 Å². The molecular formula is C9H16N2. The molecule has 0 rings (SSSR count). The van der Waals surface area contributed by atoms with Crippen molar-refractivity contribution in [3.8, 4) is 0 Å². The molecule has 0 heterocycles. The van der Waals surface area contributed by atoms with Gasteiger partial charge in [-0.05, 0) is 26.1 Å². The molecule has 0 aromatic rings. The van der Waals surface area contributed by atoms with Gasteiger partial charge in [-0.15, -0.1) is 13.2 Å². The minimum Gasteiger partial charge on any atom is -0.296 e. The van der Waals surface area contributed by atoms with Crippen molar-refractivity contribution in [3.63, 3.8) is 0 Å². The maximum Gasteiger partial charge on any atom is 0.0409 e. The lowest BCUT2D eigenvalue weighted by molar-refractivity contribution is 1.27. The fourth-order valence-electron chi connectivity index (χ4n) is 0.412. The largest absolute Gasteiger partial charge is 0.296 e. The van der Waals surface area contributed by atoms with E-state index < -0.39 is 0 Å². The molecule has 0 aliphatic heterocycles. The molecule has 0 unspecified atom stereocenters. The molecule has 2 heteroatoms. The molecule has 0 aliphatic rings. The van der Waals surface area contributed by atoms with Gasteiger partial charge in [0.05, 0.1) is 0 Å². The summed E-state index contributed by atoms with van der Waals surface area (Å²) in [6, 6.07) is 0. The van der Waals surface area contributed by atoms with Crippen LogP contribution in [0.3, 0.4) is 0 Å². The van der Waals surface area contributed by atoms with Crippen LogP contribution in [0.15, 0.2) is 34.4 Å². The van der Waals surface area contributed by atoms with Crippen molar-refractivity contribution >= 4 is 12.9 Å². The standard InChI is InChI=1S/C7H12N2.C2H4/c1-6(5-8-3)7(2)9-4;1-2/h5H,4H2,1-3H3;1-2H2/b7-6+,8-5?;. The summed E-state index contributed by atoms with van der Waals surface area (Å²) in [6.07, 6.45) is 1.77. The first kappa shape index (κ1) is 12.5. The lowest BCUT2D eigenvalue weighted by Crippen LogP contribution is -1.81. The summed E-state index contributed by atoms with van der Waals surface area (Å²) in [7, 11) is 1.74. The first-order valence-electron chi connectivity index (χ1n) is 3.28. The molecule has 0 aliphatic carbocycles. The highest BCUT2D eigenvalue weighted by Crippen LogP contribution is 1.99. The van der Waals surface area contributed by atoms with Crippen LogP contribution in [-0.4, -0.2) is 20.0 Å². The zero-order valence-electron chi connectivity index (χ0n) is 7.59. The van der Waals surface area contributed by atoms with Crippen molar-refractivity contribution in [3.05, 3.63) is 24.4 Å². The number of aliphatic imine (C=N–C) groups is 2. The van der Waals surface area contributed by atoms with Gasteiger partial charge in [0, 0.05) is 19.0 Å². The molecule has 0 amide bonds. The normalized spacial score (nSPS) is 11.5. The first-order chi connectivity index (χ1) is 5.22. The Morgan fingerprint density at radius 2 is 1.73 bits per heavy atom. The molecular weight excluding hydrogens is 136 g/mol. The Bertz CT molecular complexity index is 166. The molecule has 0 saturated carbocycles. The molecule has 0 N–H and O–H groups in total. The molecule has 0 aromatic heterocycles. The van der Waals surface area contributed by atoms with E-state index in [1.165, 1.54) is 0 Å². The summed E-state index contributed by atoms with van der Waals surface area (Å²) in [4.78, 5) is 7.58. The third-order valence-corrected chi connectivity index (χ3v) is 1.13. The minimum atomic E-state index is 0.931. The van der Waals surface area contributed by atoms with Crippen LogP contribution in [-0.2, 0) is 0 Å². The molecule has 0 saturated heterocycles. The predicted octanol–water partition coefficient (Wildman–Crippen LogP) is 2.48. The second-order valence-corrected chi connectivity index (χ2v) is 1.81. The Kier molecular flexibility index (Phi) is 10.0. The third kappa shape index (κ3) is 6.71. The summed E-state index contributed by atoms with van der Waals surface area (Å²) in [5, 5.41) is 0. The SMILES string of the molecule is C=C.C=N/C(C)=C(\C)C=NC. The molecule has 11 heavy (non-hydrogen) atoms. The quantitative estimate of drug-likeness (QED) is 0.429. The number of rotatable bonds is 2. The van der Waals surface area contributed by atoms with Crippen LogP contribution in [0, 0.1) is 0 Å². The van der Waals surface area contributed by atoms with E-state index in [9.17, 15) is 0 Å². The molecule has 0 aromatic carbocycles. The topological polar surface area (TPSA) is 24.7 Å². The van der Waals surface area contributed by atoms with E-state index in [0.717, 1.165) is 11.3 Å². The average Bonchev–Trinajstić information content (AvgIpc) is 2.07. The summed E-state index contributed by atoms with van der Waals surface area (Å²) in [5.74, 6) is 0. The van der Waals surface area contributed by atoms with Crippen LogP contribution in [0.4, 0.5) is 0 Å². The van der Waals surface area contributed by atoms with E-state index in [1.807, 2.05) is 13.8 Å². The Labute approximate surface area is 69.1 Å². The lowest BCUT2D eigenvalue weighted by Gasteiger charge is -1.92. The van der Waals surface area contributed by atoms with Gasteiger partial charge in [-0.1, -0.05) is 0 Å². The lowest BCUT2D eigenvalue weighted by atomic mass is 10.3. The number of allylic oxidation sites excluding steroid dienone is 2. The van der Waals surface area contributed by atoms with Crippen LogP contribution in [0.25, 0.3) is 0 Å². The molecule has 0 atom stereocenters. The fraction of sp³-hybridized carbons (Fsp3) is 0.333. The molecule has 0 radical (unpaired) electrons. The Morgan fingerprint density at radius 1 is 1.27 bits per heavy atom. The first-order valence-corrected chi connectivity index (χ1v) is 3.28. The molecule has 0 spiro atoms. The second-order valence-electron chi connectivity index (χ2n) is 1.81. The Hall–Kier alpha value is -1.18. The van der Waals surface area contributed by atoms with Crippen LogP contribution < -0.4 is 0 Å². The summed E-state index contributed by atoms with van der Waals surface area (Å²) >= 11 is 0. The van der Waals surface area contributed by atoms with E-state index in [1.54, 1.807) is 13.3 Å². The monoisotopic (exact) mass is 152 g/mol. The Balaban J connectivity index is 0. The maximum atomic E-state index is 3.83. The average molecular weight is 152 g/mol. The van der Waals surface area contributed by atoms with E-state index in [2.05, 4.69) is 29.9 Å². The highest BCUT2D eigenvalue weighted by Gasteiger charge is 1.86. The fourth-order valence-corrected chi connectivity index (χ4v) is 0.412. The van der Waals surface area contributed by atoms with Gasteiger partial charge in [-0.25, -0.2) is 0 Å². The molecule has 62 valence electrons. The van der Waals surface area contributed by atoms with Crippen LogP contribution in [0.1, 0.15) is 13.8 Å². The van der Waals surface area contributed by atoms with E-state index in [4.69, 9.17) is 0 Å². The third-order valence-electron chi connectivity index (χ3n) is 1.13. The van der Waals surface area contributed by atoms with Crippen molar-refractivity contribution in [2.45, 2.75) is 13.8 Å². The van der Waals surface area contributed by atoms with Crippen molar-refractivity contribution in [1.29, 1.82) is 0 Å². The molecule has 0 bridgehead atoms.